The van der Waals surface area contributed by atoms with Crippen LogP contribution in [0.4, 0.5) is 0 Å². The summed E-state index contributed by atoms with van der Waals surface area (Å²) in [4.78, 5) is 20.7. The van der Waals surface area contributed by atoms with Crippen LogP contribution in [-0.4, -0.2) is 40.0 Å². The summed E-state index contributed by atoms with van der Waals surface area (Å²) in [7, 11) is 0. The fourth-order valence-electron chi connectivity index (χ4n) is 2.10. The van der Waals surface area contributed by atoms with Gasteiger partial charge in [-0.15, -0.1) is 0 Å². The van der Waals surface area contributed by atoms with E-state index >= 15 is 0 Å². The second kappa shape index (κ2) is 8.76. The third kappa shape index (κ3) is 4.62. The predicted molar refractivity (Wildman–Crippen MR) is 92.0 cm³/mol. The van der Waals surface area contributed by atoms with Crippen molar-refractivity contribution in [1.29, 1.82) is 0 Å². The van der Waals surface area contributed by atoms with Crippen LogP contribution in [0.1, 0.15) is 42.7 Å². The highest BCUT2D eigenvalue weighted by molar-refractivity contribution is 5.97. The zero-order valence-electron chi connectivity index (χ0n) is 13.9. The molecule has 2 rings (SSSR count). The van der Waals surface area contributed by atoms with Crippen LogP contribution in [0.25, 0.3) is 11.4 Å². The van der Waals surface area contributed by atoms with Gasteiger partial charge < -0.3 is 9.94 Å². The van der Waals surface area contributed by atoms with Gasteiger partial charge in [-0.25, -0.2) is 19.5 Å². The van der Waals surface area contributed by atoms with E-state index in [9.17, 15) is 10.0 Å². The van der Waals surface area contributed by atoms with E-state index in [4.69, 9.17) is 4.74 Å². The Labute approximate surface area is 141 Å². The molecule has 0 saturated carbocycles. The Balaban J connectivity index is 2.43. The van der Waals surface area contributed by atoms with E-state index in [2.05, 4.69) is 9.97 Å². The molecule has 0 spiro atoms. The van der Waals surface area contributed by atoms with Gasteiger partial charge in [0.25, 0.3) is 0 Å². The average Bonchev–Trinajstić information content (AvgIpc) is 2.61. The number of hydrogen-bond acceptors (Lipinski definition) is 5. The van der Waals surface area contributed by atoms with Crippen LogP contribution in [-0.2, 0) is 4.74 Å². The maximum Gasteiger partial charge on any atom is 0.342 e. The number of esters is 1. The number of unbranched alkanes of at least 4 members (excludes halogenated alkanes) is 1. The molecule has 0 amide bonds. The molecule has 2 aromatic rings. The van der Waals surface area contributed by atoms with Crippen LogP contribution >= 0.6 is 0 Å². The zero-order valence-corrected chi connectivity index (χ0v) is 13.9. The fraction of sp³-hybridized carbons (Fsp3) is 0.333. The van der Waals surface area contributed by atoms with Crippen molar-refractivity contribution in [1.82, 2.24) is 9.97 Å². The summed E-state index contributed by atoms with van der Waals surface area (Å²) in [5, 5.41) is 12.0. The molecule has 0 atom stereocenters. The van der Waals surface area contributed by atoms with Crippen LogP contribution in [0.15, 0.2) is 36.5 Å². The van der Waals surface area contributed by atoms with E-state index in [0.717, 1.165) is 23.1 Å². The molecule has 1 heterocycles. The van der Waals surface area contributed by atoms with Crippen LogP contribution < -0.4 is 0 Å². The van der Waals surface area contributed by atoms with Gasteiger partial charge in [0.15, 0.2) is 12.4 Å². The van der Waals surface area contributed by atoms with Gasteiger partial charge in [0.2, 0.25) is 6.21 Å². The highest BCUT2D eigenvalue weighted by atomic mass is 16.5. The number of nitrogens with zero attached hydrogens (tertiary/aromatic N) is 3. The van der Waals surface area contributed by atoms with Gasteiger partial charge >= 0.3 is 5.97 Å². The standard InChI is InChI=1S/C18H21N3O3/c1-3-5-11-21(23)13-16-15(18(22)24-4-2)12-19-17(20-16)14-9-7-6-8-10-14/h6-10,12-13H,3-5,11H2,1-2H3. The monoisotopic (exact) mass is 327 g/mol. The maximum atomic E-state index is 12.1. The Kier molecular flexibility index (Phi) is 6.42. The summed E-state index contributed by atoms with van der Waals surface area (Å²) in [6, 6.07) is 9.39. The molecular weight excluding hydrogens is 306 g/mol. The molecular formula is C18H21N3O3. The van der Waals surface area contributed by atoms with Gasteiger partial charge in [0.05, 0.1) is 6.61 Å². The molecule has 6 heteroatoms. The van der Waals surface area contributed by atoms with E-state index in [0.29, 0.717) is 12.4 Å². The first-order valence-corrected chi connectivity index (χ1v) is 8.04. The summed E-state index contributed by atoms with van der Waals surface area (Å²) >= 11 is 0. The van der Waals surface area contributed by atoms with E-state index < -0.39 is 5.97 Å². The lowest BCUT2D eigenvalue weighted by Gasteiger charge is -2.08. The van der Waals surface area contributed by atoms with E-state index in [1.165, 1.54) is 12.4 Å². The lowest BCUT2D eigenvalue weighted by atomic mass is 10.2. The first-order valence-electron chi connectivity index (χ1n) is 8.04. The number of aromatic nitrogens is 2. The van der Waals surface area contributed by atoms with E-state index in [-0.39, 0.29) is 17.9 Å². The lowest BCUT2D eigenvalue weighted by molar-refractivity contribution is -0.453. The highest BCUT2D eigenvalue weighted by Gasteiger charge is 2.17. The van der Waals surface area contributed by atoms with Gasteiger partial charge in [-0.3, -0.25) is 0 Å². The molecule has 24 heavy (non-hydrogen) atoms. The molecule has 0 radical (unpaired) electrons. The molecule has 0 saturated heterocycles. The van der Waals surface area contributed by atoms with Crippen molar-refractivity contribution in [2.24, 2.45) is 0 Å². The summed E-state index contributed by atoms with van der Waals surface area (Å²) in [5.74, 6) is -0.0777. The molecule has 1 aromatic heterocycles. The van der Waals surface area contributed by atoms with Crippen molar-refractivity contribution in [3.63, 3.8) is 0 Å². The highest BCUT2D eigenvalue weighted by Crippen LogP contribution is 2.16. The summed E-state index contributed by atoms with van der Waals surface area (Å²) in [5.41, 5.74) is 1.27. The number of ether oxygens (including phenoxy) is 1. The predicted octanol–water partition coefficient (Wildman–Crippen LogP) is 3.05. The lowest BCUT2D eigenvalue weighted by Crippen LogP contribution is -2.15. The SMILES string of the molecule is CCCC[N+]([O-])=Cc1nc(-c2ccccc2)ncc1C(=O)OCC. The van der Waals surface area contributed by atoms with Crippen molar-refractivity contribution in [2.45, 2.75) is 26.7 Å². The third-order valence-corrected chi connectivity index (χ3v) is 3.34. The summed E-state index contributed by atoms with van der Waals surface area (Å²) in [6.45, 7) is 4.33. The van der Waals surface area contributed by atoms with Crippen LogP contribution in [0.2, 0.25) is 0 Å². The first-order chi connectivity index (χ1) is 11.7. The smallest absolute Gasteiger partial charge is 0.342 e. The molecule has 0 aliphatic heterocycles. The quantitative estimate of drug-likeness (QED) is 0.257. The van der Waals surface area contributed by atoms with Crippen molar-refractivity contribution in [2.75, 3.05) is 13.2 Å². The molecule has 6 nitrogen and oxygen atoms in total. The molecule has 0 aliphatic rings. The number of hydroxylamine groups is 1. The molecule has 0 N–H and O–H groups in total. The second-order valence-corrected chi connectivity index (χ2v) is 5.20. The Morgan fingerprint density at radius 2 is 2.04 bits per heavy atom. The van der Waals surface area contributed by atoms with Gasteiger partial charge in [-0.05, 0) is 6.92 Å². The Morgan fingerprint density at radius 3 is 2.71 bits per heavy atom. The van der Waals surface area contributed by atoms with Crippen LogP contribution in [0.3, 0.4) is 0 Å². The first kappa shape index (κ1) is 17.6. The van der Waals surface area contributed by atoms with Gasteiger partial charge in [0.1, 0.15) is 11.3 Å². The maximum absolute atomic E-state index is 12.1. The Bertz CT molecular complexity index is 715. The van der Waals surface area contributed by atoms with Crippen molar-refractivity contribution in [3.8, 4) is 11.4 Å². The molecule has 0 aliphatic carbocycles. The number of benzene rings is 1. The van der Waals surface area contributed by atoms with Crippen LogP contribution in [0, 0.1) is 5.21 Å². The molecule has 0 fully saturated rings. The van der Waals surface area contributed by atoms with Gasteiger partial charge in [0, 0.05) is 18.2 Å². The molecule has 0 bridgehead atoms. The number of carbonyl (C=O) groups is 1. The van der Waals surface area contributed by atoms with Crippen LogP contribution in [0.5, 0.6) is 0 Å². The minimum absolute atomic E-state index is 0.189. The third-order valence-electron chi connectivity index (χ3n) is 3.34. The molecule has 126 valence electrons. The van der Waals surface area contributed by atoms with Gasteiger partial charge in [-0.1, -0.05) is 43.7 Å². The van der Waals surface area contributed by atoms with E-state index in [1.807, 2.05) is 37.3 Å². The number of rotatable bonds is 7. The Hall–Kier alpha value is -2.76. The number of hydrogen-bond donors (Lipinski definition) is 0. The van der Waals surface area contributed by atoms with Crippen molar-refractivity contribution in [3.05, 3.63) is 53.0 Å². The minimum Gasteiger partial charge on any atom is -0.624 e. The fourth-order valence-corrected chi connectivity index (χ4v) is 2.10. The minimum atomic E-state index is -0.535. The topological polar surface area (TPSA) is 78.2 Å². The zero-order chi connectivity index (χ0) is 17.4. The Morgan fingerprint density at radius 1 is 1.29 bits per heavy atom. The molecule has 0 unspecified atom stereocenters. The average molecular weight is 327 g/mol. The largest absolute Gasteiger partial charge is 0.624 e. The second-order valence-electron chi connectivity index (χ2n) is 5.20. The summed E-state index contributed by atoms with van der Waals surface area (Å²) in [6.07, 6.45) is 4.42. The molecule has 1 aromatic carbocycles. The normalized spacial score (nSPS) is 11.3. The summed E-state index contributed by atoms with van der Waals surface area (Å²) < 4.78 is 5.81. The van der Waals surface area contributed by atoms with Gasteiger partial charge in [-0.2, -0.15) is 0 Å². The van der Waals surface area contributed by atoms with Crippen molar-refractivity contribution >= 4 is 12.2 Å². The van der Waals surface area contributed by atoms with E-state index in [1.54, 1.807) is 6.92 Å². The van der Waals surface area contributed by atoms with Crippen molar-refractivity contribution < 1.29 is 14.3 Å². The number of carbonyl (C=O) groups excluding carboxylic acids is 1.